The number of ether oxygens (including phenoxy) is 1. The molecule has 5 nitrogen and oxygen atoms in total. The van der Waals surface area contributed by atoms with Crippen molar-refractivity contribution >= 4 is 11.3 Å². The van der Waals surface area contributed by atoms with E-state index in [2.05, 4.69) is 4.98 Å². The second kappa shape index (κ2) is 6.22. The van der Waals surface area contributed by atoms with Gasteiger partial charge in [0, 0.05) is 10.4 Å². The summed E-state index contributed by atoms with van der Waals surface area (Å²) in [6, 6.07) is 12.4. The van der Waals surface area contributed by atoms with Crippen LogP contribution in [-0.4, -0.2) is 17.2 Å². The Kier molecular flexibility index (Phi) is 4.11. The molecule has 3 aromatic rings. The number of nitrogens with zero attached hydrogens (tertiary/aromatic N) is 1. The Morgan fingerprint density at radius 1 is 1.25 bits per heavy atom. The summed E-state index contributed by atoms with van der Waals surface area (Å²) < 4.78 is 5.11. The Morgan fingerprint density at radius 2 is 2.04 bits per heavy atom. The molecule has 120 valence electrons. The van der Waals surface area contributed by atoms with Crippen molar-refractivity contribution in [3.8, 4) is 39.3 Å². The molecular weight excluding hydrogens is 324 g/mol. The number of phenolic OH excluding ortho intramolecular Hbond substituents is 1. The van der Waals surface area contributed by atoms with Crippen molar-refractivity contribution in [2.75, 3.05) is 7.11 Å². The van der Waals surface area contributed by atoms with Crippen molar-refractivity contribution in [1.29, 1.82) is 5.26 Å². The van der Waals surface area contributed by atoms with Gasteiger partial charge in [-0.3, -0.25) is 4.79 Å². The molecule has 0 aliphatic rings. The van der Waals surface area contributed by atoms with Crippen LogP contribution < -0.4 is 10.3 Å². The van der Waals surface area contributed by atoms with Crippen molar-refractivity contribution in [3.05, 3.63) is 57.2 Å². The minimum Gasteiger partial charge on any atom is -0.504 e. The van der Waals surface area contributed by atoms with Gasteiger partial charge in [0.05, 0.1) is 17.7 Å². The maximum atomic E-state index is 12.3. The average molecular weight is 338 g/mol. The van der Waals surface area contributed by atoms with Crippen LogP contribution in [0.5, 0.6) is 11.5 Å². The van der Waals surface area contributed by atoms with Crippen molar-refractivity contribution < 1.29 is 9.84 Å². The Labute approximate surface area is 142 Å². The molecule has 0 spiro atoms. The number of aromatic hydroxyl groups is 1. The molecule has 24 heavy (non-hydrogen) atoms. The SMILES string of the molecule is COc1cc(-c2cc(-c3ccc(C)s3)[nH]c(=O)c2C#N)ccc1O. The highest BCUT2D eigenvalue weighted by Crippen LogP contribution is 2.34. The molecule has 0 aliphatic carbocycles. The lowest BCUT2D eigenvalue weighted by molar-refractivity contribution is 0.373. The number of pyridine rings is 1. The summed E-state index contributed by atoms with van der Waals surface area (Å²) in [4.78, 5) is 17.1. The summed E-state index contributed by atoms with van der Waals surface area (Å²) in [7, 11) is 1.45. The summed E-state index contributed by atoms with van der Waals surface area (Å²) in [5, 5.41) is 19.1. The molecule has 0 aliphatic heterocycles. The van der Waals surface area contributed by atoms with E-state index >= 15 is 0 Å². The number of nitrogens with one attached hydrogen (secondary N) is 1. The van der Waals surface area contributed by atoms with Crippen LogP contribution in [0.3, 0.4) is 0 Å². The zero-order valence-electron chi connectivity index (χ0n) is 13.1. The van der Waals surface area contributed by atoms with Gasteiger partial charge in [0.15, 0.2) is 11.5 Å². The number of hydrogen-bond donors (Lipinski definition) is 2. The van der Waals surface area contributed by atoms with Crippen LogP contribution >= 0.6 is 11.3 Å². The van der Waals surface area contributed by atoms with Crippen LogP contribution in [0.1, 0.15) is 10.4 Å². The third-order valence-corrected chi connectivity index (χ3v) is 4.68. The normalized spacial score (nSPS) is 10.4. The molecule has 0 atom stereocenters. The van der Waals surface area contributed by atoms with E-state index in [1.165, 1.54) is 13.2 Å². The lowest BCUT2D eigenvalue weighted by Gasteiger charge is -2.09. The van der Waals surface area contributed by atoms with Crippen LogP contribution in [0.2, 0.25) is 0 Å². The quantitative estimate of drug-likeness (QED) is 0.763. The third-order valence-electron chi connectivity index (χ3n) is 3.64. The van der Waals surface area contributed by atoms with E-state index in [0.29, 0.717) is 16.8 Å². The summed E-state index contributed by atoms with van der Waals surface area (Å²) in [6.45, 7) is 1.99. The number of methoxy groups -OCH3 is 1. The molecule has 0 saturated carbocycles. The Hall–Kier alpha value is -3.04. The molecule has 2 heterocycles. The number of hydrogen-bond acceptors (Lipinski definition) is 5. The summed E-state index contributed by atoms with van der Waals surface area (Å²) in [5.74, 6) is 0.281. The Bertz CT molecular complexity index is 1010. The lowest BCUT2D eigenvalue weighted by Crippen LogP contribution is -2.12. The maximum absolute atomic E-state index is 12.3. The van der Waals surface area contributed by atoms with Gasteiger partial charge in [-0.05, 0) is 42.8 Å². The summed E-state index contributed by atoms with van der Waals surface area (Å²) >= 11 is 1.56. The molecule has 3 rings (SSSR count). The predicted octanol–water partition coefficient (Wildman–Crippen LogP) is 3.66. The van der Waals surface area contributed by atoms with Gasteiger partial charge in [-0.15, -0.1) is 11.3 Å². The van der Waals surface area contributed by atoms with Gasteiger partial charge in [-0.25, -0.2) is 0 Å². The van der Waals surface area contributed by atoms with E-state index in [-0.39, 0.29) is 17.1 Å². The number of thiophene rings is 1. The molecule has 2 N–H and O–H groups in total. The molecule has 0 radical (unpaired) electrons. The number of aryl methyl sites for hydroxylation is 1. The number of aromatic nitrogens is 1. The highest BCUT2D eigenvalue weighted by Gasteiger charge is 2.15. The number of rotatable bonds is 3. The van der Waals surface area contributed by atoms with Gasteiger partial charge in [-0.1, -0.05) is 6.07 Å². The average Bonchev–Trinajstić information content (AvgIpc) is 3.01. The smallest absolute Gasteiger partial charge is 0.266 e. The maximum Gasteiger partial charge on any atom is 0.266 e. The fourth-order valence-corrected chi connectivity index (χ4v) is 3.29. The van der Waals surface area contributed by atoms with Gasteiger partial charge in [0.2, 0.25) is 0 Å². The number of benzene rings is 1. The number of phenols is 1. The Balaban J connectivity index is 2.25. The first kappa shape index (κ1) is 15.8. The van der Waals surface area contributed by atoms with E-state index in [0.717, 1.165) is 9.75 Å². The van der Waals surface area contributed by atoms with Crippen LogP contribution in [0, 0.1) is 18.3 Å². The standard InChI is InChI=1S/C18H14N2O3S/c1-10-3-6-17(24-10)14-8-12(13(9-19)18(22)20-14)11-4-5-15(21)16(7-11)23-2/h3-8,21H,1-2H3,(H,20,22). The summed E-state index contributed by atoms with van der Waals surface area (Å²) in [5.41, 5.74) is 1.37. The molecule has 0 unspecified atom stereocenters. The second-order valence-electron chi connectivity index (χ2n) is 5.21. The van der Waals surface area contributed by atoms with Gasteiger partial charge in [0.25, 0.3) is 5.56 Å². The van der Waals surface area contributed by atoms with Crippen LogP contribution in [-0.2, 0) is 0 Å². The van der Waals surface area contributed by atoms with Gasteiger partial charge in [0.1, 0.15) is 11.6 Å². The highest BCUT2D eigenvalue weighted by molar-refractivity contribution is 7.15. The van der Waals surface area contributed by atoms with Crippen LogP contribution in [0.15, 0.2) is 41.2 Å². The number of H-pyrrole nitrogens is 1. The second-order valence-corrected chi connectivity index (χ2v) is 6.50. The van der Waals surface area contributed by atoms with E-state index in [1.54, 1.807) is 29.5 Å². The highest BCUT2D eigenvalue weighted by atomic mass is 32.1. The van der Waals surface area contributed by atoms with Crippen molar-refractivity contribution in [2.24, 2.45) is 0 Å². The van der Waals surface area contributed by atoms with Gasteiger partial charge in [-0.2, -0.15) is 5.26 Å². The third kappa shape index (κ3) is 2.77. The fraction of sp³-hybridized carbons (Fsp3) is 0.111. The predicted molar refractivity (Wildman–Crippen MR) is 93.5 cm³/mol. The van der Waals surface area contributed by atoms with Crippen LogP contribution in [0.25, 0.3) is 21.7 Å². The fourth-order valence-electron chi connectivity index (χ4n) is 2.46. The van der Waals surface area contributed by atoms with E-state index in [1.807, 2.05) is 25.1 Å². The first-order valence-corrected chi connectivity index (χ1v) is 7.96. The largest absolute Gasteiger partial charge is 0.504 e. The van der Waals surface area contributed by atoms with E-state index in [4.69, 9.17) is 4.74 Å². The Morgan fingerprint density at radius 3 is 2.67 bits per heavy atom. The van der Waals surface area contributed by atoms with Gasteiger partial charge < -0.3 is 14.8 Å². The molecule has 2 aromatic heterocycles. The van der Waals surface area contributed by atoms with E-state index in [9.17, 15) is 15.2 Å². The molecule has 0 amide bonds. The van der Waals surface area contributed by atoms with Gasteiger partial charge >= 0.3 is 0 Å². The molecule has 6 heteroatoms. The number of nitriles is 1. The molecule has 0 fully saturated rings. The zero-order valence-corrected chi connectivity index (χ0v) is 13.9. The molecule has 1 aromatic carbocycles. The minimum atomic E-state index is -0.442. The molecule has 0 bridgehead atoms. The first-order chi connectivity index (χ1) is 11.5. The van der Waals surface area contributed by atoms with Crippen LogP contribution in [0.4, 0.5) is 0 Å². The van der Waals surface area contributed by atoms with E-state index < -0.39 is 5.56 Å². The molecular formula is C18H14N2O3S. The summed E-state index contributed by atoms with van der Waals surface area (Å²) in [6.07, 6.45) is 0. The lowest BCUT2D eigenvalue weighted by atomic mass is 10.00. The number of aromatic amines is 1. The first-order valence-electron chi connectivity index (χ1n) is 7.15. The monoisotopic (exact) mass is 338 g/mol. The topological polar surface area (TPSA) is 86.1 Å². The molecule has 0 saturated heterocycles. The van der Waals surface area contributed by atoms with Crippen molar-refractivity contribution in [2.45, 2.75) is 6.92 Å². The zero-order chi connectivity index (χ0) is 17.3. The van der Waals surface area contributed by atoms with Crippen molar-refractivity contribution in [3.63, 3.8) is 0 Å². The minimum absolute atomic E-state index is 0.00120. The van der Waals surface area contributed by atoms with Crippen molar-refractivity contribution in [1.82, 2.24) is 4.98 Å².